The Morgan fingerprint density at radius 1 is 0.792 bits per heavy atom. The molecule has 0 amide bonds. The van der Waals surface area contributed by atoms with Crippen LogP contribution in [0.15, 0.2) is 42.5 Å². The molecule has 0 fully saturated rings. The van der Waals surface area contributed by atoms with Crippen LogP contribution in [0, 0.1) is 0 Å². The van der Waals surface area contributed by atoms with Crippen LogP contribution in [0.4, 0.5) is 0 Å². The van der Waals surface area contributed by atoms with Gasteiger partial charge in [0.15, 0.2) is 0 Å². The molecule has 1 aliphatic rings. The minimum atomic E-state index is 0.568. The number of rotatable bonds is 7. The second-order valence-electron chi connectivity index (χ2n) is 7.01. The van der Waals surface area contributed by atoms with E-state index in [0.29, 0.717) is 5.92 Å². The van der Waals surface area contributed by atoms with Crippen molar-refractivity contribution in [2.75, 3.05) is 0 Å². The molecule has 0 aromatic heterocycles. The standard InChI is InChI=1S/C24H30/c1-4-10-18-14-9-16-23(20(18)11-5-2)24-17-19-13-7-8-15-21(19)22(24)12-6-3/h7-9,13-17,22H,4-6,10-12H2,1-3H3. The fourth-order valence-corrected chi connectivity index (χ4v) is 4.21. The van der Waals surface area contributed by atoms with E-state index in [4.69, 9.17) is 0 Å². The molecule has 0 nitrogen and oxygen atoms in total. The van der Waals surface area contributed by atoms with E-state index in [9.17, 15) is 0 Å². The van der Waals surface area contributed by atoms with Gasteiger partial charge in [-0.15, -0.1) is 0 Å². The van der Waals surface area contributed by atoms with Gasteiger partial charge in [-0.05, 0) is 52.7 Å². The maximum atomic E-state index is 2.46. The third-order valence-corrected chi connectivity index (χ3v) is 5.24. The van der Waals surface area contributed by atoms with Crippen LogP contribution in [0.3, 0.4) is 0 Å². The van der Waals surface area contributed by atoms with E-state index < -0.39 is 0 Å². The van der Waals surface area contributed by atoms with Crippen molar-refractivity contribution in [2.24, 2.45) is 0 Å². The average molecular weight is 319 g/mol. The number of benzene rings is 2. The first kappa shape index (κ1) is 17.0. The number of allylic oxidation sites excluding steroid dienone is 1. The van der Waals surface area contributed by atoms with Crippen LogP contribution in [0.5, 0.6) is 0 Å². The van der Waals surface area contributed by atoms with Gasteiger partial charge in [0.1, 0.15) is 0 Å². The molecule has 1 unspecified atom stereocenters. The van der Waals surface area contributed by atoms with Gasteiger partial charge in [-0.3, -0.25) is 0 Å². The van der Waals surface area contributed by atoms with Gasteiger partial charge in [-0.1, -0.05) is 88.6 Å². The van der Waals surface area contributed by atoms with Gasteiger partial charge in [0.25, 0.3) is 0 Å². The van der Waals surface area contributed by atoms with E-state index >= 15 is 0 Å². The summed E-state index contributed by atoms with van der Waals surface area (Å²) in [5.41, 5.74) is 9.18. The van der Waals surface area contributed by atoms with Crippen LogP contribution < -0.4 is 0 Å². The Morgan fingerprint density at radius 2 is 1.58 bits per heavy atom. The number of hydrogen-bond acceptors (Lipinski definition) is 0. The van der Waals surface area contributed by atoms with Crippen LogP contribution in [-0.4, -0.2) is 0 Å². The van der Waals surface area contributed by atoms with Gasteiger partial charge < -0.3 is 0 Å². The van der Waals surface area contributed by atoms with Gasteiger partial charge in [0.2, 0.25) is 0 Å². The van der Waals surface area contributed by atoms with Crippen molar-refractivity contribution in [2.45, 2.75) is 65.2 Å². The fourth-order valence-electron chi connectivity index (χ4n) is 4.21. The lowest BCUT2D eigenvalue weighted by Gasteiger charge is -2.21. The molecule has 0 heteroatoms. The van der Waals surface area contributed by atoms with Crippen molar-refractivity contribution in [3.8, 4) is 0 Å². The lowest BCUT2D eigenvalue weighted by atomic mass is 9.83. The number of aryl methyl sites for hydroxylation is 1. The summed E-state index contributed by atoms with van der Waals surface area (Å²) >= 11 is 0. The van der Waals surface area contributed by atoms with E-state index in [1.54, 1.807) is 16.7 Å². The third kappa shape index (κ3) is 3.20. The summed E-state index contributed by atoms with van der Waals surface area (Å²) < 4.78 is 0. The SMILES string of the molecule is CCCc1cccc(C2=Cc3ccccc3C2CCC)c1CCC. The molecular formula is C24H30. The van der Waals surface area contributed by atoms with Gasteiger partial charge in [0.05, 0.1) is 0 Å². The Hall–Kier alpha value is -1.82. The molecule has 0 spiro atoms. The third-order valence-electron chi connectivity index (χ3n) is 5.24. The Kier molecular flexibility index (Phi) is 5.56. The average Bonchev–Trinajstić information content (AvgIpc) is 2.96. The van der Waals surface area contributed by atoms with Gasteiger partial charge in [0, 0.05) is 5.92 Å². The highest BCUT2D eigenvalue weighted by molar-refractivity contribution is 5.92. The second-order valence-corrected chi connectivity index (χ2v) is 7.01. The van der Waals surface area contributed by atoms with Crippen LogP contribution >= 0.6 is 0 Å². The maximum Gasteiger partial charge on any atom is 0.0101 e. The first-order chi connectivity index (χ1) is 11.8. The molecule has 0 N–H and O–H groups in total. The van der Waals surface area contributed by atoms with Crippen LogP contribution in [0.2, 0.25) is 0 Å². The van der Waals surface area contributed by atoms with E-state index in [-0.39, 0.29) is 0 Å². The summed E-state index contributed by atoms with van der Waals surface area (Å²) in [5, 5.41) is 0. The first-order valence-electron chi connectivity index (χ1n) is 9.71. The molecular weight excluding hydrogens is 288 g/mol. The summed E-state index contributed by atoms with van der Waals surface area (Å²) in [5.74, 6) is 0.568. The Labute approximate surface area is 147 Å². The summed E-state index contributed by atoms with van der Waals surface area (Å²) in [6, 6.07) is 15.9. The zero-order valence-electron chi connectivity index (χ0n) is 15.4. The highest BCUT2D eigenvalue weighted by Gasteiger charge is 2.26. The topological polar surface area (TPSA) is 0 Å². The van der Waals surface area contributed by atoms with Gasteiger partial charge in [-0.2, -0.15) is 0 Å². The molecule has 0 aliphatic heterocycles. The fraction of sp³-hybridized carbons (Fsp3) is 0.417. The molecule has 24 heavy (non-hydrogen) atoms. The monoisotopic (exact) mass is 318 g/mol. The van der Waals surface area contributed by atoms with Crippen LogP contribution in [-0.2, 0) is 12.8 Å². The zero-order valence-corrected chi connectivity index (χ0v) is 15.4. The molecule has 0 saturated carbocycles. The minimum Gasteiger partial charge on any atom is -0.0653 e. The normalized spacial score (nSPS) is 16.1. The lowest BCUT2D eigenvalue weighted by molar-refractivity contribution is 0.735. The molecule has 3 rings (SSSR count). The van der Waals surface area contributed by atoms with Crippen molar-refractivity contribution in [3.63, 3.8) is 0 Å². The minimum absolute atomic E-state index is 0.568. The van der Waals surface area contributed by atoms with Crippen molar-refractivity contribution in [3.05, 3.63) is 70.3 Å². The molecule has 2 aromatic rings. The number of fused-ring (bicyclic) bond motifs is 1. The highest BCUT2D eigenvalue weighted by atomic mass is 14.3. The highest BCUT2D eigenvalue weighted by Crippen LogP contribution is 2.45. The summed E-state index contributed by atoms with van der Waals surface area (Å²) in [6.45, 7) is 6.89. The molecule has 2 aromatic carbocycles. The van der Waals surface area contributed by atoms with E-state index in [1.165, 1.54) is 55.2 Å². The smallest absolute Gasteiger partial charge is 0.0101 e. The first-order valence-corrected chi connectivity index (χ1v) is 9.71. The molecule has 0 radical (unpaired) electrons. The molecule has 0 bridgehead atoms. The predicted octanol–water partition coefficient (Wildman–Crippen LogP) is 7.03. The molecule has 0 saturated heterocycles. The van der Waals surface area contributed by atoms with Crippen molar-refractivity contribution in [1.29, 1.82) is 0 Å². The Bertz CT molecular complexity index is 721. The Morgan fingerprint density at radius 3 is 2.33 bits per heavy atom. The van der Waals surface area contributed by atoms with Gasteiger partial charge in [-0.25, -0.2) is 0 Å². The zero-order chi connectivity index (χ0) is 16.9. The molecule has 1 atom stereocenters. The molecule has 0 heterocycles. The molecule has 1 aliphatic carbocycles. The quantitative estimate of drug-likeness (QED) is 0.514. The summed E-state index contributed by atoms with van der Waals surface area (Å²) in [6.07, 6.45) is 9.75. The van der Waals surface area contributed by atoms with Crippen molar-refractivity contribution < 1.29 is 0 Å². The van der Waals surface area contributed by atoms with E-state index in [0.717, 1.165) is 0 Å². The summed E-state index contributed by atoms with van der Waals surface area (Å²) in [7, 11) is 0. The van der Waals surface area contributed by atoms with E-state index in [1.807, 2.05) is 0 Å². The second kappa shape index (κ2) is 7.83. The van der Waals surface area contributed by atoms with Gasteiger partial charge >= 0.3 is 0 Å². The maximum absolute atomic E-state index is 2.46. The molecule has 126 valence electrons. The van der Waals surface area contributed by atoms with Crippen LogP contribution in [0.1, 0.15) is 80.2 Å². The lowest BCUT2D eigenvalue weighted by Crippen LogP contribution is -2.04. The van der Waals surface area contributed by atoms with Crippen molar-refractivity contribution in [1.82, 2.24) is 0 Å². The van der Waals surface area contributed by atoms with Crippen molar-refractivity contribution >= 4 is 11.6 Å². The van der Waals surface area contributed by atoms with Crippen LogP contribution in [0.25, 0.3) is 11.6 Å². The number of hydrogen-bond donors (Lipinski definition) is 0. The predicted molar refractivity (Wildman–Crippen MR) is 106 cm³/mol. The Balaban J connectivity index is 2.09. The van der Waals surface area contributed by atoms with E-state index in [2.05, 4.69) is 69.3 Å². The summed E-state index contributed by atoms with van der Waals surface area (Å²) in [4.78, 5) is 0. The largest absolute Gasteiger partial charge is 0.0653 e.